The van der Waals surface area contributed by atoms with Crippen LogP contribution in [0.2, 0.25) is 0 Å². The van der Waals surface area contributed by atoms with Crippen molar-refractivity contribution in [3.05, 3.63) is 11.7 Å². The topological polar surface area (TPSA) is 68.0 Å². The van der Waals surface area contributed by atoms with Crippen molar-refractivity contribution in [3.8, 4) is 0 Å². The van der Waals surface area contributed by atoms with Crippen molar-refractivity contribution in [2.75, 3.05) is 0 Å². The molecule has 5 nitrogen and oxygen atoms in total. The van der Waals surface area contributed by atoms with Crippen LogP contribution in [0.1, 0.15) is 58.8 Å². The van der Waals surface area contributed by atoms with Crippen molar-refractivity contribution in [1.82, 2.24) is 15.5 Å². The van der Waals surface area contributed by atoms with Gasteiger partial charge in [0.15, 0.2) is 5.82 Å². The Morgan fingerprint density at radius 3 is 2.65 bits per heavy atom. The lowest BCUT2D eigenvalue weighted by Gasteiger charge is -2.19. The van der Waals surface area contributed by atoms with Crippen LogP contribution in [0.25, 0.3) is 0 Å². The van der Waals surface area contributed by atoms with Gasteiger partial charge in [-0.3, -0.25) is 4.79 Å². The highest BCUT2D eigenvalue weighted by Gasteiger charge is 2.25. The number of nitrogens with zero attached hydrogens (tertiary/aromatic N) is 2. The first-order valence-corrected chi connectivity index (χ1v) is 5.98. The molecule has 0 aromatic carbocycles. The van der Waals surface area contributed by atoms with E-state index in [-0.39, 0.29) is 11.9 Å². The molecule has 0 fully saturated rings. The number of aryl methyl sites for hydroxylation is 1. The molecule has 5 heteroatoms. The van der Waals surface area contributed by atoms with Crippen molar-refractivity contribution in [2.24, 2.45) is 5.41 Å². The maximum Gasteiger partial charge on any atom is 0.248 e. The maximum atomic E-state index is 11.8. The number of hydrogen-bond acceptors (Lipinski definition) is 4. The summed E-state index contributed by atoms with van der Waals surface area (Å²) >= 11 is 0. The lowest BCUT2D eigenvalue weighted by Crippen LogP contribution is -2.36. The second kappa shape index (κ2) is 5.29. The van der Waals surface area contributed by atoms with Crippen molar-refractivity contribution < 1.29 is 9.32 Å². The van der Waals surface area contributed by atoms with Crippen LogP contribution in [-0.2, 0) is 11.2 Å². The Labute approximate surface area is 102 Å². The maximum absolute atomic E-state index is 11.8. The molecule has 1 rings (SSSR count). The first kappa shape index (κ1) is 13.7. The summed E-state index contributed by atoms with van der Waals surface area (Å²) in [7, 11) is 0. The van der Waals surface area contributed by atoms with Gasteiger partial charge in [0.25, 0.3) is 0 Å². The number of aromatic nitrogens is 2. The highest BCUT2D eigenvalue weighted by molar-refractivity contribution is 5.81. The molecule has 0 aliphatic heterocycles. The van der Waals surface area contributed by atoms with Crippen LogP contribution in [0.5, 0.6) is 0 Å². The van der Waals surface area contributed by atoms with Crippen LogP contribution >= 0.6 is 0 Å². The molecule has 0 radical (unpaired) electrons. The van der Waals surface area contributed by atoms with Crippen molar-refractivity contribution in [1.29, 1.82) is 0 Å². The quantitative estimate of drug-likeness (QED) is 0.875. The van der Waals surface area contributed by atoms with Gasteiger partial charge >= 0.3 is 0 Å². The highest BCUT2D eigenvalue weighted by atomic mass is 16.5. The smallest absolute Gasteiger partial charge is 0.248 e. The molecular weight excluding hydrogens is 218 g/mol. The molecule has 1 aromatic heterocycles. The molecule has 17 heavy (non-hydrogen) atoms. The van der Waals surface area contributed by atoms with E-state index in [0.717, 1.165) is 12.8 Å². The Kier molecular flexibility index (Phi) is 4.26. The third-order valence-electron chi connectivity index (χ3n) is 2.36. The van der Waals surface area contributed by atoms with Crippen molar-refractivity contribution >= 4 is 5.91 Å². The molecule has 96 valence electrons. The predicted molar refractivity (Wildman–Crippen MR) is 64.3 cm³/mol. The second-order valence-corrected chi connectivity index (χ2v) is 5.24. The lowest BCUT2D eigenvalue weighted by molar-refractivity contribution is -0.129. The van der Waals surface area contributed by atoms with Crippen LogP contribution in [0.15, 0.2) is 4.52 Å². The Morgan fingerprint density at radius 1 is 1.47 bits per heavy atom. The Hall–Kier alpha value is -1.39. The molecular formula is C12H21N3O2. The zero-order valence-corrected chi connectivity index (χ0v) is 11.2. The molecule has 0 spiro atoms. The normalized spacial score (nSPS) is 13.5. The Balaban J connectivity index is 2.63. The molecule has 1 aromatic rings. The van der Waals surface area contributed by atoms with Crippen LogP contribution in [0, 0.1) is 5.41 Å². The Bertz CT molecular complexity index is 379. The number of carbonyl (C=O) groups excluding carboxylic acids is 1. The van der Waals surface area contributed by atoms with E-state index in [0.29, 0.717) is 11.7 Å². The SMILES string of the molecule is CCCc1noc(C(C)NC(=O)C(C)(C)C)n1. The summed E-state index contributed by atoms with van der Waals surface area (Å²) in [5, 5.41) is 6.72. The Morgan fingerprint density at radius 2 is 2.12 bits per heavy atom. The van der Waals surface area contributed by atoms with Gasteiger partial charge in [0.2, 0.25) is 11.8 Å². The second-order valence-electron chi connectivity index (χ2n) is 5.24. The van der Waals surface area contributed by atoms with E-state index in [2.05, 4.69) is 22.4 Å². The molecule has 0 aliphatic rings. The van der Waals surface area contributed by atoms with E-state index in [9.17, 15) is 4.79 Å². The zero-order valence-electron chi connectivity index (χ0n) is 11.2. The van der Waals surface area contributed by atoms with E-state index in [1.165, 1.54) is 0 Å². The van der Waals surface area contributed by atoms with Gasteiger partial charge in [-0.05, 0) is 13.3 Å². The summed E-state index contributed by atoms with van der Waals surface area (Å²) in [6, 6.07) is -0.250. The number of hydrogen-bond donors (Lipinski definition) is 1. The van der Waals surface area contributed by atoms with Crippen molar-refractivity contribution in [3.63, 3.8) is 0 Å². The third kappa shape index (κ3) is 3.84. The molecule has 0 bridgehead atoms. The number of amides is 1. The molecule has 1 amide bonds. The fourth-order valence-corrected chi connectivity index (χ4v) is 1.24. The van der Waals surface area contributed by atoms with E-state index < -0.39 is 5.41 Å². The largest absolute Gasteiger partial charge is 0.344 e. The predicted octanol–water partition coefficient (Wildman–Crippen LogP) is 2.25. The minimum atomic E-state index is -0.416. The first-order valence-electron chi connectivity index (χ1n) is 5.98. The van der Waals surface area contributed by atoms with E-state index in [1.54, 1.807) is 0 Å². The summed E-state index contributed by atoms with van der Waals surface area (Å²) in [5.41, 5.74) is -0.416. The minimum absolute atomic E-state index is 0.0276. The molecule has 1 unspecified atom stereocenters. The van der Waals surface area contributed by atoms with Gasteiger partial charge in [-0.15, -0.1) is 0 Å². The molecule has 1 N–H and O–H groups in total. The molecule has 1 heterocycles. The number of carbonyl (C=O) groups is 1. The van der Waals surface area contributed by atoms with Crippen molar-refractivity contribution in [2.45, 2.75) is 53.5 Å². The monoisotopic (exact) mass is 239 g/mol. The third-order valence-corrected chi connectivity index (χ3v) is 2.36. The van der Waals surface area contributed by atoms with E-state index >= 15 is 0 Å². The first-order chi connectivity index (χ1) is 7.84. The molecule has 0 saturated carbocycles. The summed E-state index contributed by atoms with van der Waals surface area (Å²) in [4.78, 5) is 16.0. The lowest BCUT2D eigenvalue weighted by atomic mass is 9.95. The minimum Gasteiger partial charge on any atom is -0.344 e. The molecule has 0 aliphatic carbocycles. The number of rotatable bonds is 4. The van der Waals surface area contributed by atoms with Gasteiger partial charge in [0.1, 0.15) is 6.04 Å². The standard InChI is InChI=1S/C12H21N3O2/c1-6-7-9-14-10(17-15-9)8(2)13-11(16)12(3,4)5/h8H,6-7H2,1-5H3,(H,13,16). The summed E-state index contributed by atoms with van der Waals surface area (Å²) in [6.07, 6.45) is 1.77. The summed E-state index contributed by atoms with van der Waals surface area (Å²) < 4.78 is 5.12. The fourth-order valence-electron chi connectivity index (χ4n) is 1.24. The number of nitrogens with one attached hydrogen (secondary N) is 1. The molecule has 1 atom stereocenters. The van der Waals surface area contributed by atoms with Gasteiger partial charge in [-0.2, -0.15) is 4.98 Å². The average Bonchev–Trinajstić information content (AvgIpc) is 2.65. The van der Waals surface area contributed by atoms with Crippen LogP contribution < -0.4 is 5.32 Å². The van der Waals surface area contributed by atoms with Gasteiger partial charge in [0.05, 0.1) is 0 Å². The van der Waals surface area contributed by atoms with Gasteiger partial charge < -0.3 is 9.84 Å². The highest BCUT2D eigenvalue weighted by Crippen LogP contribution is 2.17. The van der Waals surface area contributed by atoms with Crippen LogP contribution in [0.3, 0.4) is 0 Å². The van der Waals surface area contributed by atoms with E-state index in [4.69, 9.17) is 4.52 Å². The van der Waals surface area contributed by atoms with Gasteiger partial charge in [0, 0.05) is 11.8 Å². The van der Waals surface area contributed by atoms with Crippen LogP contribution in [0.4, 0.5) is 0 Å². The summed E-state index contributed by atoms with van der Waals surface area (Å²) in [6.45, 7) is 9.50. The van der Waals surface area contributed by atoms with Crippen LogP contribution in [-0.4, -0.2) is 16.0 Å². The average molecular weight is 239 g/mol. The van der Waals surface area contributed by atoms with Gasteiger partial charge in [-0.1, -0.05) is 32.9 Å². The summed E-state index contributed by atoms with van der Waals surface area (Å²) in [5.74, 6) is 1.13. The molecule has 0 saturated heterocycles. The van der Waals surface area contributed by atoms with Gasteiger partial charge in [-0.25, -0.2) is 0 Å². The van der Waals surface area contributed by atoms with E-state index in [1.807, 2.05) is 27.7 Å². The fraction of sp³-hybridized carbons (Fsp3) is 0.750. The zero-order chi connectivity index (χ0) is 13.1.